The summed E-state index contributed by atoms with van der Waals surface area (Å²) in [6, 6.07) is 7.48. The van der Waals surface area contributed by atoms with Gasteiger partial charge in [0.25, 0.3) is 0 Å². The molecule has 0 aliphatic carbocycles. The molecule has 1 heterocycles. The second-order valence-corrected chi connectivity index (χ2v) is 5.02. The van der Waals surface area contributed by atoms with E-state index in [1.807, 2.05) is 24.3 Å². The molecule has 4 nitrogen and oxygen atoms in total. The van der Waals surface area contributed by atoms with Crippen molar-refractivity contribution in [3.05, 3.63) is 29.8 Å². The molecule has 0 aromatic heterocycles. The topological polar surface area (TPSA) is 50.7 Å². The van der Waals surface area contributed by atoms with Gasteiger partial charge in [-0.05, 0) is 49.5 Å². The number of methoxy groups -OCH3 is 1. The molecule has 1 unspecified atom stereocenters. The second-order valence-electron chi connectivity index (χ2n) is 5.02. The number of nitrogens with one attached hydrogen (secondary N) is 1. The molecule has 1 saturated heterocycles. The summed E-state index contributed by atoms with van der Waals surface area (Å²) in [5.74, 6) is 1.38. The SMILES string of the molecule is COc1cccc(C(O)COCC2CCNCC2)c1. The molecule has 1 aromatic carbocycles. The van der Waals surface area contributed by atoms with Gasteiger partial charge in [0.2, 0.25) is 0 Å². The molecule has 0 spiro atoms. The van der Waals surface area contributed by atoms with E-state index in [0.29, 0.717) is 12.5 Å². The predicted octanol–water partition coefficient (Wildman–Crippen LogP) is 1.74. The maximum atomic E-state index is 10.1. The number of benzene rings is 1. The predicted molar refractivity (Wildman–Crippen MR) is 74.4 cm³/mol. The highest BCUT2D eigenvalue weighted by Crippen LogP contribution is 2.20. The molecule has 1 aliphatic heterocycles. The molecule has 1 fully saturated rings. The van der Waals surface area contributed by atoms with E-state index >= 15 is 0 Å². The van der Waals surface area contributed by atoms with Crippen molar-refractivity contribution in [3.8, 4) is 5.75 Å². The van der Waals surface area contributed by atoms with Gasteiger partial charge in [-0.3, -0.25) is 0 Å². The average molecular weight is 265 g/mol. The van der Waals surface area contributed by atoms with Crippen LogP contribution in [-0.4, -0.2) is 38.5 Å². The van der Waals surface area contributed by atoms with E-state index < -0.39 is 6.10 Å². The highest BCUT2D eigenvalue weighted by atomic mass is 16.5. The van der Waals surface area contributed by atoms with Crippen molar-refractivity contribution in [1.29, 1.82) is 0 Å². The summed E-state index contributed by atoms with van der Waals surface area (Å²) in [6.45, 7) is 3.23. The minimum Gasteiger partial charge on any atom is -0.497 e. The molecule has 106 valence electrons. The van der Waals surface area contributed by atoms with Gasteiger partial charge < -0.3 is 19.9 Å². The number of aliphatic hydroxyl groups is 1. The summed E-state index contributed by atoms with van der Waals surface area (Å²) in [7, 11) is 1.62. The Labute approximate surface area is 114 Å². The Morgan fingerprint density at radius 2 is 2.16 bits per heavy atom. The Bertz CT molecular complexity index is 377. The summed E-state index contributed by atoms with van der Waals surface area (Å²) >= 11 is 0. The quantitative estimate of drug-likeness (QED) is 0.822. The molecule has 1 atom stereocenters. The normalized spacial score (nSPS) is 18.2. The Hall–Kier alpha value is -1.10. The fourth-order valence-corrected chi connectivity index (χ4v) is 2.34. The van der Waals surface area contributed by atoms with Gasteiger partial charge in [0.1, 0.15) is 11.9 Å². The number of piperidine rings is 1. The summed E-state index contributed by atoms with van der Waals surface area (Å²) in [5, 5.41) is 13.4. The average Bonchev–Trinajstić information content (AvgIpc) is 2.48. The van der Waals surface area contributed by atoms with Crippen LogP contribution < -0.4 is 10.1 Å². The largest absolute Gasteiger partial charge is 0.497 e. The van der Waals surface area contributed by atoms with Crippen LogP contribution in [0.15, 0.2) is 24.3 Å². The molecule has 0 amide bonds. The first-order valence-electron chi connectivity index (χ1n) is 6.90. The summed E-state index contributed by atoms with van der Waals surface area (Å²) in [6.07, 6.45) is 1.74. The number of rotatable bonds is 6. The third kappa shape index (κ3) is 4.49. The van der Waals surface area contributed by atoms with Gasteiger partial charge in [0.05, 0.1) is 13.7 Å². The molecule has 4 heteroatoms. The van der Waals surface area contributed by atoms with Crippen LogP contribution in [0.25, 0.3) is 0 Å². The number of hydrogen-bond donors (Lipinski definition) is 2. The standard InChI is InChI=1S/C15H23NO3/c1-18-14-4-2-3-13(9-14)15(17)11-19-10-12-5-7-16-8-6-12/h2-4,9,12,15-17H,5-8,10-11H2,1H3. The van der Waals surface area contributed by atoms with Crippen LogP contribution in [0.5, 0.6) is 5.75 Å². The van der Waals surface area contributed by atoms with Crippen LogP contribution in [0.2, 0.25) is 0 Å². The van der Waals surface area contributed by atoms with Gasteiger partial charge in [-0.25, -0.2) is 0 Å². The highest BCUT2D eigenvalue weighted by Gasteiger charge is 2.14. The van der Waals surface area contributed by atoms with E-state index in [1.54, 1.807) is 7.11 Å². The lowest BCUT2D eigenvalue weighted by molar-refractivity contribution is 0.0157. The van der Waals surface area contributed by atoms with Crippen LogP contribution in [0.3, 0.4) is 0 Å². The molecule has 19 heavy (non-hydrogen) atoms. The zero-order valence-corrected chi connectivity index (χ0v) is 11.5. The molecular weight excluding hydrogens is 242 g/mol. The first-order valence-corrected chi connectivity index (χ1v) is 6.90. The molecule has 1 aliphatic rings. The lowest BCUT2D eigenvalue weighted by Gasteiger charge is -2.23. The molecular formula is C15H23NO3. The Balaban J connectivity index is 1.75. The van der Waals surface area contributed by atoms with E-state index in [1.165, 1.54) is 0 Å². The zero-order chi connectivity index (χ0) is 13.5. The lowest BCUT2D eigenvalue weighted by atomic mass is 9.99. The maximum absolute atomic E-state index is 10.1. The van der Waals surface area contributed by atoms with Crippen molar-refractivity contribution in [2.75, 3.05) is 33.4 Å². The molecule has 0 radical (unpaired) electrons. The molecule has 2 rings (SSSR count). The number of aliphatic hydroxyl groups excluding tert-OH is 1. The van der Waals surface area contributed by atoms with Crippen molar-refractivity contribution >= 4 is 0 Å². The summed E-state index contributed by atoms with van der Waals surface area (Å²) in [5.41, 5.74) is 0.838. The zero-order valence-electron chi connectivity index (χ0n) is 11.5. The van der Waals surface area contributed by atoms with Gasteiger partial charge >= 0.3 is 0 Å². The van der Waals surface area contributed by atoms with Crippen LogP contribution in [0.1, 0.15) is 24.5 Å². The summed E-state index contributed by atoms with van der Waals surface area (Å²) < 4.78 is 10.8. The molecule has 2 N–H and O–H groups in total. The van der Waals surface area contributed by atoms with Gasteiger partial charge in [0, 0.05) is 6.61 Å². The van der Waals surface area contributed by atoms with Crippen molar-refractivity contribution in [2.24, 2.45) is 5.92 Å². The van der Waals surface area contributed by atoms with E-state index in [-0.39, 0.29) is 0 Å². The van der Waals surface area contributed by atoms with Gasteiger partial charge in [-0.2, -0.15) is 0 Å². The van der Waals surface area contributed by atoms with Crippen LogP contribution in [0.4, 0.5) is 0 Å². The Morgan fingerprint density at radius 3 is 2.89 bits per heavy atom. The van der Waals surface area contributed by atoms with Gasteiger partial charge in [-0.15, -0.1) is 0 Å². The highest BCUT2D eigenvalue weighted by molar-refractivity contribution is 5.29. The number of ether oxygens (including phenoxy) is 2. The first-order chi connectivity index (χ1) is 9.29. The minimum absolute atomic E-state index is 0.344. The fourth-order valence-electron chi connectivity index (χ4n) is 2.34. The monoisotopic (exact) mass is 265 g/mol. The molecule has 0 saturated carbocycles. The van der Waals surface area contributed by atoms with Crippen molar-refractivity contribution < 1.29 is 14.6 Å². The maximum Gasteiger partial charge on any atom is 0.119 e. The number of hydrogen-bond acceptors (Lipinski definition) is 4. The van der Waals surface area contributed by atoms with Crippen LogP contribution in [0, 0.1) is 5.92 Å². The second kappa shape index (κ2) is 7.48. The van der Waals surface area contributed by atoms with Gasteiger partial charge in [-0.1, -0.05) is 12.1 Å². The van der Waals surface area contributed by atoms with E-state index in [2.05, 4.69) is 5.32 Å². The van der Waals surface area contributed by atoms with Crippen LogP contribution >= 0.6 is 0 Å². The fraction of sp³-hybridized carbons (Fsp3) is 0.600. The van der Waals surface area contributed by atoms with E-state index in [9.17, 15) is 5.11 Å². The van der Waals surface area contributed by atoms with E-state index in [0.717, 1.165) is 43.9 Å². The van der Waals surface area contributed by atoms with E-state index in [4.69, 9.17) is 9.47 Å². The summed E-state index contributed by atoms with van der Waals surface area (Å²) in [4.78, 5) is 0. The molecule has 0 bridgehead atoms. The smallest absolute Gasteiger partial charge is 0.119 e. The third-order valence-electron chi connectivity index (χ3n) is 3.57. The lowest BCUT2D eigenvalue weighted by Crippen LogP contribution is -2.30. The molecule has 1 aromatic rings. The minimum atomic E-state index is -0.586. The van der Waals surface area contributed by atoms with Crippen molar-refractivity contribution in [1.82, 2.24) is 5.32 Å². The Kier molecular flexibility index (Phi) is 5.63. The first kappa shape index (κ1) is 14.3. The third-order valence-corrected chi connectivity index (χ3v) is 3.57. The Morgan fingerprint density at radius 1 is 1.37 bits per heavy atom. The van der Waals surface area contributed by atoms with Crippen molar-refractivity contribution in [2.45, 2.75) is 18.9 Å². The van der Waals surface area contributed by atoms with Gasteiger partial charge in [0.15, 0.2) is 0 Å². The van der Waals surface area contributed by atoms with Crippen LogP contribution in [-0.2, 0) is 4.74 Å². The van der Waals surface area contributed by atoms with Crippen molar-refractivity contribution in [3.63, 3.8) is 0 Å².